The Morgan fingerprint density at radius 1 is 1.42 bits per heavy atom. The van der Waals surface area contributed by atoms with Crippen molar-refractivity contribution in [3.8, 4) is 0 Å². The van der Waals surface area contributed by atoms with Crippen molar-refractivity contribution in [1.29, 1.82) is 0 Å². The zero-order valence-electron chi connectivity index (χ0n) is 11.7. The number of rotatable bonds is 3. The first-order chi connectivity index (χ1) is 9.13. The monoisotopic (exact) mass is 258 g/mol. The molecule has 2 N–H and O–H groups in total. The first-order valence-corrected chi connectivity index (χ1v) is 7.08. The van der Waals surface area contributed by atoms with Crippen LogP contribution >= 0.6 is 0 Å². The third-order valence-corrected chi connectivity index (χ3v) is 4.15. The van der Waals surface area contributed by atoms with Gasteiger partial charge in [0.25, 0.3) is 0 Å². The number of hydrogen-bond acceptors (Lipinski definition) is 3. The number of anilines is 1. The molecule has 2 heterocycles. The SMILES string of the molecule is CC(C)N1CCC(Cn2cnc3cc(N)ccc32)C1. The molecule has 1 aromatic heterocycles. The van der Waals surface area contributed by atoms with E-state index in [0.717, 1.165) is 23.7 Å². The largest absolute Gasteiger partial charge is 0.399 e. The summed E-state index contributed by atoms with van der Waals surface area (Å²) in [5.41, 5.74) is 8.76. The molecule has 0 spiro atoms. The van der Waals surface area contributed by atoms with Crippen molar-refractivity contribution in [1.82, 2.24) is 14.5 Å². The summed E-state index contributed by atoms with van der Waals surface area (Å²) in [7, 11) is 0. The van der Waals surface area contributed by atoms with E-state index in [4.69, 9.17) is 5.73 Å². The average molecular weight is 258 g/mol. The highest BCUT2D eigenvalue weighted by Crippen LogP contribution is 2.23. The summed E-state index contributed by atoms with van der Waals surface area (Å²) in [4.78, 5) is 7.00. The lowest BCUT2D eigenvalue weighted by Crippen LogP contribution is -2.28. The van der Waals surface area contributed by atoms with Crippen LogP contribution in [0.25, 0.3) is 11.0 Å². The predicted molar refractivity (Wildman–Crippen MR) is 79.0 cm³/mol. The summed E-state index contributed by atoms with van der Waals surface area (Å²) in [5.74, 6) is 0.734. The van der Waals surface area contributed by atoms with E-state index in [9.17, 15) is 0 Å². The lowest BCUT2D eigenvalue weighted by molar-refractivity contribution is 0.261. The van der Waals surface area contributed by atoms with Crippen LogP contribution in [0, 0.1) is 5.92 Å². The van der Waals surface area contributed by atoms with Crippen LogP contribution in [0.1, 0.15) is 20.3 Å². The van der Waals surface area contributed by atoms with Crippen LogP contribution in [0.5, 0.6) is 0 Å². The third-order valence-electron chi connectivity index (χ3n) is 4.15. The summed E-state index contributed by atoms with van der Waals surface area (Å²) < 4.78 is 2.27. The molecule has 1 aliphatic heterocycles. The third kappa shape index (κ3) is 2.45. The number of fused-ring (bicyclic) bond motifs is 1. The summed E-state index contributed by atoms with van der Waals surface area (Å²) in [6.07, 6.45) is 3.23. The number of benzene rings is 1. The van der Waals surface area contributed by atoms with E-state index < -0.39 is 0 Å². The van der Waals surface area contributed by atoms with Crippen molar-refractivity contribution in [3.63, 3.8) is 0 Å². The molecule has 3 rings (SSSR count). The fourth-order valence-corrected chi connectivity index (χ4v) is 2.99. The van der Waals surface area contributed by atoms with E-state index in [2.05, 4.69) is 34.4 Å². The van der Waals surface area contributed by atoms with Crippen LogP contribution in [0.3, 0.4) is 0 Å². The zero-order chi connectivity index (χ0) is 13.4. The fourth-order valence-electron chi connectivity index (χ4n) is 2.99. The van der Waals surface area contributed by atoms with Gasteiger partial charge in [0.2, 0.25) is 0 Å². The number of likely N-dealkylation sites (tertiary alicyclic amines) is 1. The Hall–Kier alpha value is -1.55. The van der Waals surface area contributed by atoms with Crippen molar-refractivity contribution in [2.45, 2.75) is 32.9 Å². The molecule has 1 saturated heterocycles. The molecule has 0 bridgehead atoms. The highest BCUT2D eigenvalue weighted by Gasteiger charge is 2.24. The normalized spacial score (nSPS) is 20.7. The minimum absolute atomic E-state index is 0.657. The van der Waals surface area contributed by atoms with Gasteiger partial charge < -0.3 is 15.2 Å². The van der Waals surface area contributed by atoms with E-state index in [0.29, 0.717) is 6.04 Å². The summed E-state index contributed by atoms with van der Waals surface area (Å²) >= 11 is 0. The van der Waals surface area contributed by atoms with Crippen LogP contribution in [-0.2, 0) is 6.54 Å². The number of aromatic nitrogens is 2. The highest BCUT2D eigenvalue weighted by molar-refractivity contribution is 5.78. The van der Waals surface area contributed by atoms with Crippen molar-refractivity contribution < 1.29 is 0 Å². The predicted octanol–water partition coefficient (Wildman–Crippen LogP) is 2.35. The molecule has 4 nitrogen and oxygen atoms in total. The number of nitrogens with zero attached hydrogens (tertiary/aromatic N) is 3. The van der Waals surface area contributed by atoms with Crippen LogP contribution in [0.4, 0.5) is 5.69 Å². The molecule has 0 aliphatic carbocycles. The number of imidazole rings is 1. The van der Waals surface area contributed by atoms with E-state index in [1.807, 2.05) is 18.5 Å². The minimum atomic E-state index is 0.657. The van der Waals surface area contributed by atoms with Gasteiger partial charge >= 0.3 is 0 Å². The standard InChI is InChI=1S/C15H22N4/c1-11(2)18-6-5-12(8-18)9-19-10-17-14-7-13(16)3-4-15(14)19/h3-4,7,10-12H,5-6,8-9,16H2,1-2H3. The molecule has 1 aliphatic rings. The molecule has 1 fully saturated rings. The molecule has 4 heteroatoms. The Balaban J connectivity index is 1.76. The molecule has 2 aromatic rings. The Kier molecular flexibility index (Phi) is 3.19. The average Bonchev–Trinajstić information content (AvgIpc) is 2.97. The Bertz CT molecular complexity index is 573. The van der Waals surface area contributed by atoms with Gasteiger partial charge in [-0.3, -0.25) is 0 Å². The van der Waals surface area contributed by atoms with Crippen LogP contribution in [0.15, 0.2) is 24.5 Å². The highest BCUT2D eigenvalue weighted by atomic mass is 15.2. The van der Waals surface area contributed by atoms with Gasteiger partial charge in [0.15, 0.2) is 0 Å². The maximum atomic E-state index is 5.79. The van der Waals surface area contributed by atoms with Crippen molar-refractivity contribution >= 4 is 16.7 Å². The molecule has 102 valence electrons. The minimum Gasteiger partial charge on any atom is -0.399 e. The second-order valence-corrected chi connectivity index (χ2v) is 5.89. The van der Waals surface area contributed by atoms with E-state index >= 15 is 0 Å². The van der Waals surface area contributed by atoms with Gasteiger partial charge in [0.1, 0.15) is 0 Å². The van der Waals surface area contributed by atoms with Gasteiger partial charge in [-0.05, 0) is 50.9 Å². The maximum absolute atomic E-state index is 5.79. The molecule has 1 aromatic carbocycles. The summed E-state index contributed by atoms with van der Waals surface area (Å²) in [6, 6.07) is 6.63. The second kappa shape index (κ2) is 4.85. The lowest BCUT2D eigenvalue weighted by atomic mass is 10.1. The van der Waals surface area contributed by atoms with Crippen molar-refractivity contribution in [2.75, 3.05) is 18.8 Å². The van der Waals surface area contributed by atoms with Gasteiger partial charge in [0.05, 0.1) is 17.4 Å². The molecule has 1 unspecified atom stereocenters. The molecule has 1 atom stereocenters. The van der Waals surface area contributed by atoms with Crippen molar-refractivity contribution in [3.05, 3.63) is 24.5 Å². The van der Waals surface area contributed by atoms with Gasteiger partial charge in [-0.2, -0.15) is 0 Å². The van der Waals surface area contributed by atoms with Crippen molar-refractivity contribution in [2.24, 2.45) is 5.92 Å². The molecular weight excluding hydrogens is 236 g/mol. The van der Waals surface area contributed by atoms with Gasteiger partial charge in [-0.1, -0.05) is 0 Å². The van der Waals surface area contributed by atoms with Crippen LogP contribution in [-0.4, -0.2) is 33.6 Å². The second-order valence-electron chi connectivity index (χ2n) is 5.89. The van der Waals surface area contributed by atoms with Crippen LogP contribution < -0.4 is 5.73 Å². The quantitative estimate of drug-likeness (QED) is 0.860. The van der Waals surface area contributed by atoms with E-state index in [1.165, 1.54) is 25.0 Å². The molecule has 0 saturated carbocycles. The molecule has 0 radical (unpaired) electrons. The van der Waals surface area contributed by atoms with Gasteiger partial charge in [-0.15, -0.1) is 0 Å². The summed E-state index contributed by atoms with van der Waals surface area (Å²) in [5, 5.41) is 0. The zero-order valence-corrected chi connectivity index (χ0v) is 11.7. The molecule has 0 amide bonds. The van der Waals surface area contributed by atoms with Crippen LogP contribution in [0.2, 0.25) is 0 Å². The lowest BCUT2D eigenvalue weighted by Gasteiger charge is -2.20. The first-order valence-electron chi connectivity index (χ1n) is 7.08. The van der Waals surface area contributed by atoms with Gasteiger partial charge in [-0.25, -0.2) is 4.98 Å². The smallest absolute Gasteiger partial charge is 0.0958 e. The molecular formula is C15H22N4. The number of nitrogens with two attached hydrogens (primary N) is 1. The number of nitrogen functional groups attached to an aromatic ring is 1. The summed E-state index contributed by atoms with van der Waals surface area (Å²) in [6.45, 7) is 8.04. The van der Waals surface area contributed by atoms with E-state index in [1.54, 1.807) is 0 Å². The fraction of sp³-hybridized carbons (Fsp3) is 0.533. The van der Waals surface area contributed by atoms with Gasteiger partial charge in [0, 0.05) is 24.8 Å². The Labute approximate surface area is 114 Å². The number of hydrogen-bond donors (Lipinski definition) is 1. The molecule has 19 heavy (non-hydrogen) atoms. The Morgan fingerprint density at radius 3 is 3.00 bits per heavy atom. The Morgan fingerprint density at radius 2 is 2.26 bits per heavy atom. The first kappa shape index (κ1) is 12.5. The van der Waals surface area contributed by atoms with E-state index in [-0.39, 0.29) is 0 Å². The topological polar surface area (TPSA) is 47.1 Å². The maximum Gasteiger partial charge on any atom is 0.0958 e.